The topological polar surface area (TPSA) is 467 Å². The minimum Gasteiger partial charge on any atom is -0.461 e. The number of carbonyl (C=O) groups excluding carboxylic acids is 16. The van der Waals surface area contributed by atoms with Crippen molar-refractivity contribution in [3.8, 4) is 0 Å². The molecule has 0 amide bonds. The van der Waals surface area contributed by atoms with E-state index in [2.05, 4.69) is 0 Å². The van der Waals surface area contributed by atoms with Gasteiger partial charge >= 0.3 is 95.5 Å². The fourth-order valence-corrected chi connectivity index (χ4v) is 9.05. The van der Waals surface area contributed by atoms with Crippen LogP contribution in [0.25, 0.3) is 0 Å². The van der Waals surface area contributed by atoms with E-state index < -0.39 is 225 Å². The van der Waals surface area contributed by atoms with Gasteiger partial charge in [0.15, 0.2) is 67.1 Å². The van der Waals surface area contributed by atoms with Crippen LogP contribution in [0.4, 0.5) is 0 Å². The zero-order chi connectivity index (χ0) is 66.3. The highest BCUT2D eigenvalue weighted by molar-refractivity contribution is 5.79. The fourth-order valence-electron chi connectivity index (χ4n) is 9.05. The molecule has 4 aliphatic rings. The van der Waals surface area contributed by atoms with Gasteiger partial charge in [0.2, 0.25) is 49.8 Å². The molecule has 0 N–H and O–H groups in total. The van der Waals surface area contributed by atoms with Crippen molar-refractivity contribution in [2.45, 2.75) is 220 Å². The molecule has 4 heterocycles. The maximum absolute atomic E-state index is 14.7. The van der Waals surface area contributed by atoms with Crippen LogP contribution in [0, 0.1) is 0 Å². The molecule has 9 unspecified atom stereocenters. The highest BCUT2D eigenvalue weighted by Crippen LogP contribution is 2.38. The minimum absolute atomic E-state index is 0.797. The SMILES string of the molecule is CC(=O)OC1C(OC(C)=O)[C@H](OC(C)=O)C(COC(=O)C2O[C@H](OC(C)=O)C(OC(C)=O)[C@@H](OC(C)=O)[C@@H]2OC(C)=O)O[C@H]1O[C@@H]1OC(OC(=O)C2O[C@H](OC(C)=O)[C@H](OC(C)=O)C(OC(C)=O)[C@H]2OC(C)=O)[C@@H](OC(C)=O)[C@H](OC(C)=O)C1OC(C)=O. The quantitative estimate of drug-likeness (QED) is 0.0830. The van der Waals surface area contributed by atoms with E-state index in [0.29, 0.717) is 0 Å². The summed E-state index contributed by atoms with van der Waals surface area (Å²) in [4.78, 5) is 206. The van der Waals surface area contributed by atoms with Crippen LogP contribution in [0.15, 0.2) is 0 Å². The second-order valence-corrected chi connectivity index (χ2v) is 19.1. The van der Waals surface area contributed by atoms with Gasteiger partial charge in [-0.05, 0) is 0 Å². The van der Waals surface area contributed by atoms with Crippen molar-refractivity contribution in [1.82, 2.24) is 0 Å². The summed E-state index contributed by atoms with van der Waals surface area (Å²) in [6.45, 7) is 10.5. The maximum Gasteiger partial charge on any atom is 0.341 e. The molecule has 4 aliphatic heterocycles. The number of esters is 16. The molecule has 4 saturated heterocycles. The van der Waals surface area contributed by atoms with E-state index in [0.717, 1.165) is 96.9 Å². The zero-order valence-corrected chi connectivity index (χ0v) is 49.4. The number of carbonyl (C=O) groups is 16. The van der Waals surface area contributed by atoms with Crippen molar-refractivity contribution in [3.05, 3.63) is 0 Å². The first-order valence-electron chi connectivity index (χ1n) is 26.0. The van der Waals surface area contributed by atoms with Crippen LogP contribution in [-0.2, 0) is 176 Å². The molecular formula is C51H64O37. The summed E-state index contributed by atoms with van der Waals surface area (Å²) in [7, 11) is 0. The summed E-state index contributed by atoms with van der Waals surface area (Å²) < 4.78 is 116. The molecule has 4 rings (SSSR count). The molecule has 0 saturated carbocycles. The molecule has 490 valence electrons. The van der Waals surface area contributed by atoms with Gasteiger partial charge in [-0.2, -0.15) is 0 Å². The van der Waals surface area contributed by atoms with Crippen LogP contribution in [0.1, 0.15) is 96.9 Å². The van der Waals surface area contributed by atoms with Crippen molar-refractivity contribution in [2.75, 3.05) is 6.61 Å². The van der Waals surface area contributed by atoms with Gasteiger partial charge in [0.25, 0.3) is 0 Å². The summed E-state index contributed by atoms with van der Waals surface area (Å²) in [6, 6.07) is 0. The standard InChI is InChI=1S/C51H64O37/c1-16(52)69-31-30(15-68-45(66)38-33(71-18(3)54)35(73-20(5)56)41(77-24(9)60)47(84-38)81-28(13)64)83-49(40(76-23(8)59)32(31)70-17(2)53)87-51-44(80-27(12)63)37(75-22(7)58)43(79-26(11)62)50(88-51)86-46(67)39-34(72-19(4)55)36(74-21(6)57)42(78-25(10)61)48(85-39)82-29(14)65/h30-44,47-51H,15H2,1-14H3/t30?,31-,32?,33+,34-,35+,36?,37+,38?,39?,40?,41?,42-,43+,44?,47+,48+,49+,50?,51-/m1/s1. The molecule has 0 aromatic carbocycles. The second kappa shape index (κ2) is 31.8. The normalized spacial score (nSPS) is 31.5. The van der Waals surface area contributed by atoms with Crippen LogP contribution < -0.4 is 0 Å². The third kappa shape index (κ3) is 20.5. The van der Waals surface area contributed by atoms with E-state index >= 15 is 0 Å². The summed E-state index contributed by atoms with van der Waals surface area (Å²) in [5.74, 6) is -19.8. The molecule has 20 atom stereocenters. The molecule has 0 bridgehead atoms. The largest absolute Gasteiger partial charge is 0.461 e. The van der Waals surface area contributed by atoms with E-state index in [9.17, 15) is 76.7 Å². The van der Waals surface area contributed by atoms with Gasteiger partial charge in [0.05, 0.1) is 0 Å². The van der Waals surface area contributed by atoms with E-state index in [1.54, 1.807) is 0 Å². The van der Waals surface area contributed by atoms with E-state index in [1.807, 2.05) is 0 Å². The fraction of sp³-hybridized carbons (Fsp3) is 0.686. The smallest absolute Gasteiger partial charge is 0.341 e. The van der Waals surface area contributed by atoms with Gasteiger partial charge in [-0.25, -0.2) is 9.59 Å². The van der Waals surface area contributed by atoms with Crippen molar-refractivity contribution in [3.63, 3.8) is 0 Å². The summed E-state index contributed by atoms with van der Waals surface area (Å²) in [5, 5.41) is 0. The molecule has 37 nitrogen and oxygen atoms in total. The number of hydrogen-bond donors (Lipinski definition) is 0. The van der Waals surface area contributed by atoms with Gasteiger partial charge in [-0.3, -0.25) is 67.1 Å². The maximum atomic E-state index is 14.7. The lowest BCUT2D eigenvalue weighted by Crippen LogP contribution is -2.67. The van der Waals surface area contributed by atoms with Gasteiger partial charge in [0, 0.05) is 96.9 Å². The van der Waals surface area contributed by atoms with Crippen molar-refractivity contribution in [2.24, 2.45) is 0 Å². The number of rotatable bonds is 21. The molecule has 88 heavy (non-hydrogen) atoms. The van der Waals surface area contributed by atoms with Crippen LogP contribution in [0.2, 0.25) is 0 Å². The van der Waals surface area contributed by atoms with Gasteiger partial charge < -0.3 is 99.5 Å². The summed E-state index contributed by atoms with van der Waals surface area (Å²) in [5.41, 5.74) is 0. The monoisotopic (exact) mass is 1270 g/mol. The van der Waals surface area contributed by atoms with Crippen LogP contribution in [-0.4, -0.2) is 225 Å². The van der Waals surface area contributed by atoms with E-state index in [1.165, 1.54) is 0 Å². The third-order valence-electron chi connectivity index (χ3n) is 11.6. The molecule has 0 spiro atoms. The lowest BCUT2D eigenvalue weighted by atomic mass is 9.97. The van der Waals surface area contributed by atoms with Crippen molar-refractivity contribution < 1.29 is 176 Å². The molecule has 0 aromatic heterocycles. The lowest BCUT2D eigenvalue weighted by molar-refractivity contribution is -0.395. The first-order chi connectivity index (χ1) is 41.0. The molecule has 0 radical (unpaired) electrons. The molecular weight excluding hydrogens is 1200 g/mol. The lowest BCUT2D eigenvalue weighted by Gasteiger charge is -2.48. The predicted octanol–water partition coefficient (Wildman–Crippen LogP) is -2.75. The Morgan fingerprint density at radius 2 is 0.455 bits per heavy atom. The van der Waals surface area contributed by atoms with E-state index in [4.69, 9.17) is 99.5 Å². The Morgan fingerprint density at radius 1 is 0.227 bits per heavy atom. The minimum atomic E-state index is -2.57. The molecule has 0 aliphatic carbocycles. The Balaban J connectivity index is 1.93. The Hall–Kier alpha value is -8.68. The first kappa shape index (κ1) is 71.8. The molecule has 4 fully saturated rings. The summed E-state index contributed by atoms with van der Waals surface area (Å²) >= 11 is 0. The van der Waals surface area contributed by atoms with Crippen LogP contribution >= 0.6 is 0 Å². The van der Waals surface area contributed by atoms with Crippen molar-refractivity contribution in [1.29, 1.82) is 0 Å². The Kier molecular flexibility index (Phi) is 26.0. The third-order valence-corrected chi connectivity index (χ3v) is 11.6. The van der Waals surface area contributed by atoms with Crippen LogP contribution in [0.3, 0.4) is 0 Å². The Labute approximate surface area is 497 Å². The Morgan fingerprint density at radius 3 is 0.773 bits per heavy atom. The molecule has 37 heteroatoms. The first-order valence-corrected chi connectivity index (χ1v) is 26.0. The molecule has 0 aromatic rings. The Bertz CT molecular complexity index is 2680. The predicted molar refractivity (Wildman–Crippen MR) is 263 cm³/mol. The summed E-state index contributed by atoms with van der Waals surface area (Å²) in [6.07, 6.45) is -44.0. The highest BCUT2D eigenvalue weighted by atomic mass is 16.9. The number of hydrogen-bond acceptors (Lipinski definition) is 37. The van der Waals surface area contributed by atoms with Crippen LogP contribution in [0.5, 0.6) is 0 Å². The average molecular weight is 1270 g/mol. The average Bonchev–Trinajstić information content (AvgIpc) is 1.57. The highest BCUT2D eigenvalue weighted by Gasteiger charge is 2.62. The number of ether oxygens (including phenoxy) is 21. The van der Waals surface area contributed by atoms with Gasteiger partial charge in [-0.15, -0.1) is 0 Å². The zero-order valence-electron chi connectivity index (χ0n) is 49.4. The van der Waals surface area contributed by atoms with E-state index in [-0.39, 0.29) is 0 Å². The second-order valence-electron chi connectivity index (χ2n) is 19.1. The van der Waals surface area contributed by atoms with Gasteiger partial charge in [0.1, 0.15) is 12.7 Å². The van der Waals surface area contributed by atoms with Gasteiger partial charge in [-0.1, -0.05) is 0 Å². The van der Waals surface area contributed by atoms with Crippen molar-refractivity contribution >= 4 is 95.5 Å².